The number of nitrogens with one attached hydrogen (secondary N) is 1. The van der Waals surface area contributed by atoms with Gasteiger partial charge in [0.1, 0.15) is 11.6 Å². The molecule has 0 radical (unpaired) electrons. The molecule has 1 atom stereocenters. The van der Waals surface area contributed by atoms with Gasteiger partial charge in [0.2, 0.25) is 0 Å². The Bertz CT molecular complexity index is 1030. The average Bonchev–Trinajstić information content (AvgIpc) is 2.57. The molecule has 0 bridgehead atoms. The van der Waals surface area contributed by atoms with Gasteiger partial charge < -0.3 is 9.88 Å². The molecule has 0 saturated carbocycles. The molecule has 1 heterocycles. The van der Waals surface area contributed by atoms with E-state index in [1.807, 2.05) is 0 Å². The maximum absolute atomic E-state index is 13.9. The highest BCUT2D eigenvalue weighted by Crippen LogP contribution is 2.20. The van der Waals surface area contributed by atoms with Crippen molar-refractivity contribution in [3.8, 4) is 0 Å². The van der Waals surface area contributed by atoms with E-state index in [2.05, 4.69) is 5.32 Å². The number of hydrogen-bond donors (Lipinski definition) is 1. The fraction of sp³-hybridized carbons (Fsp3) is 0.158. The number of fused-ring (bicyclic) bond motifs is 1. The van der Waals surface area contributed by atoms with Crippen molar-refractivity contribution in [3.63, 3.8) is 0 Å². The first-order chi connectivity index (χ1) is 11.9. The number of aryl methyl sites for hydroxylation is 1. The van der Waals surface area contributed by atoms with Crippen LogP contribution in [0.3, 0.4) is 0 Å². The monoisotopic (exact) mass is 342 g/mol. The predicted molar refractivity (Wildman–Crippen MR) is 91.4 cm³/mol. The van der Waals surface area contributed by atoms with Gasteiger partial charge >= 0.3 is 0 Å². The molecule has 25 heavy (non-hydrogen) atoms. The third-order valence-corrected chi connectivity index (χ3v) is 4.18. The Labute approximate surface area is 142 Å². The average molecular weight is 342 g/mol. The Kier molecular flexibility index (Phi) is 4.35. The fourth-order valence-corrected chi connectivity index (χ4v) is 2.80. The molecule has 3 aromatic rings. The number of rotatable bonds is 3. The Morgan fingerprint density at radius 3 is 2.56 bits per heavy atom. The van der Waals surface area contributed by atoms with E-state index < -0.39 is 23.6 Å². The number of pyridine rings is 1. The quantitative estimate of drug-likeness (QED) is 0.794. The molecule has 1 N–H and O–H groups in total. The van der Waals surface area contributed by atoms with Crippen LogP contribution in [0.1, 0.15) is 28.9 Å². The molecular weight excluding hydrogens is 326 g/mol. The summed E-state index contributed by atoms with van der Waals surface area (Å²) < 4.78 is 28.4. The van der Waals surface area contributed by atoms with Gasteiger partial charge in [-0.05, 0) is 19.1 Å². The van der Waals surface area contributed by atoms with E-state index in [9.17, 15) is 18.4 Å². The summed E-state index contributed by atoms with van der Waals surface area (Å²) in [5, 5.41) is 3.28. The Hall–Kier alpha value is -3.02. The maximum atomic E-state index is 13.9. The third-order valence-electron chi connectivity index (χ3n) is 4.18. The number of hydrogen-bond acceptors (Lipinski definition) is 2. The minimum absolute atomic E-state index is 0.169. The summed E-state index contributed by atoms with van der Waals surface area (Å²) >= 11 is 0. The second kappa shape index (κ2) is 6.47. The van der Waals surface area contributed by atoms with Crippen LogP contribution in [-0.2, 0) is 7.05 Å². The van der Waals surface area contributed by atoms with Gasteiger partial charge in [-0.15, -0.1) is 0 Å². The summed E-state index contributed by atoms with van der Waals surface area (Å²) in [6.45, 7) is 1.59. The number of carbonyl (C=O) groups is 1. The zero-order valence-electron chi connectivity index (χ0n) is 13.7. The lowest BCUT2D eigenvalue weighted by atomic mass is 10.1. The zero-order chi connectivity index (χ0) is 18.1. The van der Waals surface area contributed by atoms with Crippen molar-refractivity contribution in [2.75, 3.05) is 0 Å². The SMILES string of the molecule is C[C@@H](NC(=O)c1cc(=O)n(C)c2ccccc12)c1ccc(F)cc1F. The zero-order valence-corrected chi connectivity index (χ0v) is 13.7. The summed E-state index contributed by atoms with van der Waals surface area (Å²) in [6.07, 6.45) is 0. The molecule has 0 aliphatic heterocycles. The molecule has 1 aromatic heterocycles. The number of benzene rings is 2. The first kappa shape index (κ1) is 16.8. The first-order valence-electron chi connectivity index (χ1n) is 7.73. The summed E-state index contributed by atoms with van der Waals surface area (Å²) in [5.74, 6) is -1.91. The second-order valence-corrected chi connectivity index (χ2v) is 5.83. The maximum Gasteiger partial charge on any atom is 0.252 e. The number of halogens is 2. The largest absolute Gasteiger partial charge is 0.345 e. The summed E-state index contributed by atoms with van der Waals surface area (Å²) in [6, 6.07) is 10.8. The smallest absolute Gasteiger partial charge is 0.252 e. The fourth-order valence-electron chi connectivity index (χ4n) is 2.80. The van der Waals surface area contributed by atoms with Crippen LogP contribution in [0.2, 0.25) is 0 Å². The van der Waals surface area contributed by atoms with Crippen molar-refractivity contribution >= 4 is 16.8 Å². The lowest BCUT2D eigenvalue weighted by Gasteiger charge is -2.16. The van der Waals surface area contributed by atoms with Gasteiger partial charge in [-0.25, -0.2) is 8.78 Å². The van der Waals surface area contributed by atoms with Crippen LogP contribution in [0.4, 0.5) is 8.78 Å². The van der Waals surface area contributed by atoms with E-state index in [0.717, 1.165) is 12.1 Å². The highest BCUT2D eigenvalue weighted by molar-refractivity contribution is 6.06. The summed E-state index contributed by atoms with van der Waals surface area (Å²) in [5.41, 5.74) is 0.696. The summed E-state index contributed by atoms with van der Waals surface area (Å²) in [4.78, 5) is 24.7. The highest BCUT2D eigenvalue weighted by Gasteiger charge is 2.18. The van der Waals surface area contributed by atoms with Crippen LogP contribution < -0.4 is 10.9 Å². The van der Waals surface area contributed by atoms with Gasteiger partial charge in [0.25, 0.3) is 11.5 Å². The van der Waals surface area contributed by atoms with E-state index in [0.29, 0.717) is 10.9 Å². The lowest BCUT2D eigenvalue weighted by molar-refractivity contribution is 0.0941. The highest BCUT2D eigenvalue weighted by atomic mass is 19.1. The van der Waals surface area contributed by atoms with Crippen LogP contribution in [0.15, 0.2) is 53.3 Å². The number of para-hydroxylation sites is 1. The minimum atomic E-state index is -0.735. The summed E-state index contributed by atoms with van der Waals surface area (Å²) in [7, 11) is 1.63. The molecule has 0 unspecified atom stereocenters. The van der Waals surface area contributed by atoms with Crippen LogP contribution in [0.25, 0.3) is 10.9 Å². The Morgan fingerprint density at radius 2 is 1.84 bits per heavy atom. The normalized spacial score (nSPS) is 12.2. The van der Waals surface area contributed by atoms with Gasteiger partial charge in [-0.1, -0.05) is 24.3 Å². The minimum Gasteiger partial charge on any atom is -0.345 e. The Balaban J connectivity index is 1.98. The first-order valence-corrected chi connectivity index (χ1v) is 7.73. The van der Waals surface area contributed by atoms with Crippen molar-refractivity contribution in [1.82, 2.24) is 9.88 Å². The molecule has 0 aliphatic rings. The molecule has 2 aromatic carbocycles. The molecule has 128 valence electrons. The van der Waals surface area contributed by atoms with Gasteiger partial charge in [0.15, 0.2) is 0 Å². The van der Waals surface area contributed by atoms with Crippen LogP contribution >= 0.6 is 0 Å². The molecule has 6 heteroatoms. The number of nitrogens with zero attached hydrogens (tertiary/aromatic N) is 1. The standard InChI is InChI=1S/C19H16F2N2O2/c1-11(13-8-7-12(20)9-16(13)21)22-19(25)15-10-18(24)23(2)17-6-4-3-5-14(15)17/h3-11H,1-2H3,(H,22,25)/t11-/m1/s1. The van der Waals surface area contributed by atoms with Gasteiger partial charge in [-0.3, -0.25) is 9.59 Å². The van der Waals surface area contributed by atoms with E-state index >= 15 is 0 Å². The molecule has 0 spiro atoms. The van der Waals surface area contributed by atoms with Gasteiger partial charge in [-0.2, -0.15) is 0 Å². The molecule has 3 rings (SSSR count). The van der Waals surface area contributed by atoms with E-state index in [1.165, 1.54) is 16.7 Å². The van der Waals surface area contributed by atoms with Crippen LogP contribution in [-0.4, -0.2) is 10.5 Å². The number of carbonyl (C=O) groups excluding carboxylic acids is 1. The molecule has 0 saturated heterocycles. The topological polar surface area (TPSA) is 51.1 Å². The molecule has 0 aliphatic carbocycles. The molecule has 4 nitrogen and oxygen atoms in total. The predicted octanol–water partition coefficient (Wildman–Crippen LogP) is 3.31. The third kappa shape index (κ3) is 3.15. The van der Waals surface area contributed by atoms with E-state index in [-0.39, 0.29) is 16.7 Å². The van der Waals surface area contributed by atoms with E-state index in [4.69, 9.17) is 0 Å². The molecule has 1 amide bonds. The molecular formula is C19H16F2N2O2. The van der Waals surface area contributed by atoms with Crippen molar-refractivity contribution in [3.05, 3.63) is 81.6 Å². The number of aromatic nitrogens is 1. The lowest BCUT2D eigenvalue weighted by Crippen LogP contribution is -2.29. The van der Waals surface area contributed by atoms with Crippen molar-refractivity contribution in [1.29, 1.82) is 0 Å². The van der Waals surface area contributed by atoms with Crippen LogP contribution in [0.5, 0.6) is 0 Å². The van der Waals surface area contributed by atoms with Crippen molar-refractivity contribution < 1.29 is 13.6 Å². The van der Waals surface area contributed by atoms with Crippen molar-refractivity contribution in [2.24, 2.45) is 7.05 Å². The van der Waals surface area contributed by atoms with Gasteiger partial charge in [0, 0.05) is 30.1 Å². The van der Waals surface area contributed by atoms with Crippen molar-refractivity contribution in [2.45, 2.75) is 13.0 Å². The number of amides is 1. The Morgan fingerprint density at radius 1 is 1.12 bits per heavy atom. The van der Waals surface area contributed by atoms with Crippen LogP contribution in [0, 0.1) is 11.6 Å². The van der Waals surface area contributed by atoms with Gasteiger partial charge in [0.05, 0.1) is 17.1 Å². The van der Waals surface area contributed by atoms with E-state index in [1.54, 1.807) is 38.2 Å². The second-order valence-electron chi connectivity index (χ2n) is 5.83. The molecule has 0 fully saturated rings.